The van der Waals surface area contributed by atoms with Gasteiger partial charge in [-0.3, -0.25) is 14.6 Å². The molecule has 246 valence electrons. The van der Waals surface area contributed by atoms with Gasteiger partial charge in [0.2, 0.25) is 5.91 Å². The highest BCUT2D eigenvalue weighted by Gasteiger charge is 2.22. The first kappa shape index (κ1) is 33.7. The highest BCUT2D eigenvalue weighted by molar-refractivity contribution is 8.04. The van der Waals surface area contributed by atoms with E-state index < -0.39 is 0 Å². The minimum absolute atomic E-state index is 0.221. The van der Waals surface area contributed by atoms with Crippen LogP contribution in [0.2, 0.25) is 0 Å². The number of allylic oxidation sites excluding steroid dienone is 1. The molecule has 14 heteroatoms. The van der Waals surface area contributed by atoms with Crippen LogP contribution in [0.3, 0.4) is 0 Å². The van der Waals surface area contributed by atoms with Crippen molar-refractivity contribution in [2.24, 2.45) is 5.73 Å². The summed E-state index contributed by atoms with van der Waals surface area (Å²) in [6.45, 7) is 8.28. The molecule has 2 fully saturated rings. The summed E-state index contributed by atoms with van der Waals surface area (Å²) in [6, 6.07) is 20.4. The van der Waals surface area contributed by atoms with Gasteiger partial charge in [-0.2, -0.15) is 10.2 Å². The van der Waals surface area contributed by atoms with Gasteiger partial charge >= 0.3 is 12.1 Å². The number of nitrogens with two attached hydrogens (primary N) is 1. The van der Waals surface area contributed by atoms with E-state index in [4.69, 9.17) is 10.5 Å². The number of amides is 2. The second-order valence-electron chi connectivity index (χ2n) is 11.1. The third-order valence-electron chi connectivity index (χ3n) is 7.77. The standard InChI is InChI=1S/C27H27N7O2S.C6H12N2O2/c28-15-21(26-31-23-3-1-2-4-24(23)37-26)22-9-10-30-27(32-22)36-18-20-7-5-19(6-8-20)16-33-11-13-34(14-12-33)17-25(29)35;1-10-6(9)8-4-2-7-3-5-8/h1-10,31H,11-14,16-18H2,(H2,29,35);7H,2-5H2,1H3. The minimum Gasteiger partial charge on any atom is -0.459 e. The van der Waals surface area contributed by atoms with Gasteiger partial charge in [-0.05, 0) is 29.3 Å². The summed E-state index contributed by atoms with van der Waals surface area (Å²) in [6.07, 6.45) is 1.38. The number of thioether (sulfide) groups is 1. The number of fused-ring (bicyclic) bond motifs is 1. The minimum atomic E-state index is -0.276. The van der Waals surface area contributed by atoms with Crippen molar-refractivity contribution in [2.75, 3.05) is 71.3 Å². The van der Waals surface area contributed by atoms with E-state index in [1.54, 1.807) is 17.2 Å². The lowest BCUT2D eigenvalue weighted by Crippen LogP contribution is -2.48. The molecule has 0 radical (unpaired) electrons. The van der Waals surface area contributed by atoms with E-state index in [1.165, 1.54) is 24.4 Å². The number of hydrogen-bond donors (Lipinski definition) is 3. The average molecular weight is 658 g/mol. The number of anilines is 1. The fourth-order valence-electron chi connectivity index (χ4n) is 5.25. The molecule has 0 bridgehead atoms. The highest BCUT2D eigenvalue weighted by atomic mass is 32.2. The zero-order valence-corrected chi connectivity index (χ0v) is 27.2. The Bertz CT molecular complexity index is 1570. The number of nitrogens with one attached hydrogen (secondary N) is 2. The van der Waals surface area contributed by atoms with Crippen molar-refractivity contribution in [3.8, 4) is 12.1 Å². The number of nitrogens with zero attached hydrogens (tertiary/aromatic N) is 6. The molecule has 47 heavy (non-hydrogen) atoms. The normalized spacial score (nSPS) is 17.3. The molecule has 4 heterocycles. The number of benzene rings is 2. The Morgan fingerprint density at radius 1 is 0.979 bits per heavy atom. The first-order chi connectivity index (χ1) is 22.9. The summed E-state index contributed by atoms with van der Waals surface area (Å²) in [5.74, 6) is -0.276. The predicted molar refractivity (Wildman–Crippen MR) is 179 cm³/mol. The molecular formula is C33H39N9O4S. The van der Waals surface area contributed by atoms with Crippen LogP contribution in [0.25, 0.3) is 5.57 Å². The SMILES string of the molecule is COC(=O)N1CCNCC1.N#CC(=C1Nc2ccccc2S1)c1ccnc(OCc2ccc(CN3CCN(CC(N)=O)CC3)cc2)n1. The number of methoxy groups -OCH3 is 1. The molecular weight excluding hydrogens is 618 g/mol. The first-order valence-corrected chi connectivity index (χ1v) is 16.2. The Morgan fingerprint density at radius 2 is 1.68 bits per heavy atom. The number of primary amides is 1. The number of para-hydroxylation sites is 1. The van der Waals surface area contributed by atoms with Gasteiger partial charge in [-0.25, -0.2) is 9.78 Å². The third kappa shape index (κ3) is 9.66. The van der Waals surface area contributed by atoms with Gasteiger partial charge in [0.25, 0.3) is 0 Å². The van der Waals surface area contributed by atoms with E-state index in [-0.39, 0.29) is 18.0 Å². The molecule has 0 spiro atoms. The maximum Gasteiger partial charge on any atom is 0.409 e. The van der Waals surface area contributed by atoms with Gasteiger partial charge < -0.3 is 30.7 Å². The molecule has 13 nitrogen and oxygen atoms in total. The molecule has 0 atom stereocenters. The molecule has 3 aliphatic rings. The highest BCUT2D eigenvalue weighted by Crippen LogP contribution is 2.43. The van der Waals surface area contributed by atoms with E-state index in [0.717, 1.165) is 80.1 Å². The molecule has 2 aromatic carbocycles. The van der Waals surface area contributed by atoms with Gasteiger partial charge in [0.1, 0.15) is 18.2 Å². The zero-order chi connectivity index (χ0) is 33.0. The second kappa shape index (κ2) is 16.8. The van der Waals surface area contributed by atoms with E-state index in [1.807, 2.05) is 36.4 Å². The summed E-state index contributed by atoms with van der Waals surface area (Å²) in [5, 5.41) is 17.0. The van der Waals surface area contributed by atoms with Crippen LogP contribution in [0, 0.1) is 11.3 Å². The Balaban J connectivity index is 0.000000371. The molecule has 0 saturated carbocycles. The number of ether oxygens (including phenoxy) is 2. The van der Waals surface area contributed by atoms with Crippen molar-refractivity contribution < 1.29 is 19.1 Å². The molecule has 0 unspecified atom stereocenters. The van der Waals surface area contributed by atoms with Gasteiger partial charge in [-0.1, -0.05) is 48.2 Å². The number of rotatable bonds is 8. The number of carbonyl (C=O) groups is 2. The molecule has 0 aliphatic carbocycles. The smallest absolute Gasteiger partial charge is 0.409 e. The molecule has 2 amide bonds. The largest absolute Gasteiger partial charge is 0.459 e. The van der Waals surface area contributed by atoms with Crippen molar-refractivity contribution in [1.29, 1.82) is 5.26 Å². The Kier molecular flexibility index (Phi) is 12.0. The molecule has 3 aromatic rings. The summed E-state index contributed by atoms with van der Waals surface area (Å²) in [5.41, 5.74) is 9.47. The summed E-state index contributed by atoms with van der Waals surface area (Å²) < 4.78 is 10.4. The number of nitriles is 1. The summed E-state index contributed by atoms with van der Waals surface area (Å²) in [7, 11) is 1.41. The van der Waals surface area contributed by atoms with E-state index in [9.17, 15) is 14.9 Å². The van der Waals surface area contributed by atoms with Crippen LogP contribution in [0.5, 0.6) is 6.01 Å². The lowest BCUT2D eigenvalue weighted by atomic mass is 10.1. The van der Waals surface area contributed by atoms with Crippen molar-refractivity contribution >= 4 is 35.0 Å². The fourth-order valence-corrected chi connectivity index (χ4v) is 6.26. The monoisotopic (exact) mass is 657 g/mol. The molecule has 1 aromatic heterocycles. The topological polar surface area (TPSA) is 162 Å². The fraction of sp³-hybridized carbons (Fsp3) is 0.364. The number of piperazine rings is 2. The maximum atomic E-state index is 11.1. The van der Waals surface area contributed by atoms with Gasteiger partial charge in [0, 0.05) is 70.0 Å². The van der Waals surface area contributed by atoms with Crippen molar-refractivity contribution in [2.45, 2.75) is 18.0 Å². The Hall–Kier alpha value is -4.68. The quantitative estimate of drug-likeness (QED) is 0.304. The van der Waals surface area contributed by atoms with Crippen LogP contribution in [0.1, 0.15) is 16.8 Å². The van der Waals surface area contributed by atoms with Gasteiger partial charge in [0.15, 0.2) is 0 Å². The number of carbonyl (C=O) groups excluding carboxylic acids is 2. The van der Waals surface area contributed by atoms with Crippen molar-refractivity contribution in [3.05, 3.63) is 82.6 Å². The van der Waals surface area contributed by atoms with Crippen LogP contribution in [-0.2, 0) is 22.7 Å². The van der Waals surface area contributed by atoms with Crippen LogP contribution in [0.4, 0.5) is 10.5 Å². The van der Waals surface area contributed by atoms with Crippen molar-refractivity contribution in [3.63, 3.8) is 0 Å². The summed E-state index contributed by atoms with van der Waals surface area (Å²) in [4.78, 5) is 37.9. The van der Waals surface area contributed by atoms with Gasteiger partial charge in [-0.15, -0.1) is 0 Å². The van der Waals surface area contributed by atoms with E-state index in [0.29, 0.717) is 24.4 Å². The third-order valence-corrected chi connectivity index (χ3v) is 8.85. The van der Waals surface area contributed by atoms with E-state index in [2.05, 4.69) is 53.3 Å². The van der Waals surface area contributed by atoms with Crippen LogP contribution >= 0.6 is 11.8 Å². The van der Waals surface area contributed by atoms with Crippen molar-refractivity contribution in [1.82, 2.24) is 30.0 Å². The van der Waals surface area contributed by atoms with Crippen LogP contribution in [0.15, 0.2) is 70.7 Å². The summed E-state index contributed by atoms with van der Waals surface area (Å²) >= 11 is 1.52. The zero-order valence-electron chi connectivity index (χ0n) is 26.4. The first-order valence-electron chi connectivity index (χ1n) is 15.4. The van der Waals surface area contributed by atoms with Crippen LogP contribution in [-0.4, -0.2) is 103 Å². The lowest BCUT2D eigenvalue weighted by molar-refractivity contribution is -0.119. The van der Waals surface area contributed by atoms with Crippen LogP contribution < -0.4 is 21.1 Å². The second-order valence-corrected chi connectivity index (χ2v) is 12.1. The number of aromatic nitrogens is 2. The molecule has 2 saturated heterocycles. The average Bonchev–Trinajstić information content (AvgIpc) is 3.53. The lowest BCUT2D eigenvalue weighted by Gasteiger charge is -2.34. The maximum absolute atomic E-state index is 11.1. The molecule has 3 aliphatic heterocycles. The Morgan fingerprint density at radius 3 is 2.36 bits per heavy atom. The molecule has 6 rings (SSSR count). The van der Waals surface area contributed by atoms with E-state index >= 15 is 0 Å². The predicted octanol–water partition coefficient (Wildman–Crippen LogP) is 2.73. The van der Waals surface area contributed by atoms with Gasteiger partial charge in [0.05, 0.1) is 30.1 Å². The Labute approximate surface area is 278 Å². The molecule has 4 N–H and O–H groups in total. The number of hydrogen-bond acceptors (Lipinski definition) is 12.